The minimum Gasteiger partial charge on any atom is -0.512 e. The normalized spacial score (nSPS) is 11.4. The fraction of sp³-hybridized carbons (Fsp3) is 0.333. The zero-order chi connectivity index (χ0) is 6.57. The molecule has 0 unspecified atom stereocenters. The molecule has 0 saturated heterocycles. The van der Waals surface area contributed by atoms with Crippen molar-refractivity contribution in [3.8, 4) is 0 Å². The van der Waals surface area contributed by atoms with Crippen LogP contribution in [0.15, 0.2) is 24.1 Å². The van der Waals surface area contributed by atoms with Gasteiger partial charge in [0.05, 0.1) is 5.76 Å². The number of allylic oxidation sites excluding steroid dienone is 2. The number of aliphatic hydroxyl groups is 1. The predicted octanol–water partition coefficient (Wildman–Crippen LogP) is 1.31. The maximum Gasteiger partial charge on any atom is 0.0940 e. The molecular formula is C6H11NO. The Bertz CT molecular complexity index is 116. The minimum atomic E-state index is 0.275. The second-order valence-corrected chi connectivity index (χ2v) is 1.56. The Labute approximate surface area is 49.3 Å². The van der Waals surface area contributed by atoms with Gasteiger partial charge in [-0.05, 0) is 6.08 Å². The smallest absolute Gasteiger partial charge is 0.0940 e. The van der Waals surface area contributed by atoms with Crippen LogP contribution < -0.4 is 5.73 Å². The molecule has 0 saturated carbocycles. The van der Waals surface area contributed by atoms with Crippen LogP contribution in [-0.4, -0.2) is 5.11 Å². The van der Waals surface area contributed by atoms with Crippen LogP contribution in [-0.2, 0) is 0 Å². The van der Waals surface area contributed by atoms with E-state index >= 15 is 0 Å². The molecule has 46 valence electrons. The van der Waals surface area contributed by atoms with E-state index < -0.39 is 0 Å². The van der Waals surface area contributed by atoms with Gasteiger partial charge in [0.1, 0.15) is 0 Å². The summed E-state index contributed by atoms with van der Waals surface area (Å²) in [7, 11) is 0. The van der Waals surface area contributed by atoms with Crippen LogP contribution in [0.2, 0.25) is 0 Å². The molecule has 3 N–H and O–H groups in total. The molecular weight excluding hydrogens is 102 g/mol. The van der Waals surface area contributed by atoms with Gasteiger partial charge in [-0.2, -0.15) is 0 Å². The van der Waals surface area contributed by atoms with Gasteiger partial charge in [-0.3, -0.25) is 0 Å². The van der Waals surface area contributed by atoms with E-state index in [0.29, 0.717) is 12.1 Å². The zero-order valence-electron chi connectivity index (χ0n) is 5.02. The Balaban J connectivity index is 3.75. The first kappa shape index (κ1) is 7.08. The van der Waals surface area contributed by atoms with Crippen molar-refractivity contribution in [2.75, 3.05) is 0 Å². The summed E-state index contributed by atoms with van der Waals surface area (Å²) < 4.78 is 0. The quantitative estimate of drug-likeness (QED) is 0.419. The van der Waals surface area contributed by atoms with Gasteiger partial charge >= 0.3 is 0 Å². The summed E-state index contributed by atoms with van der Waals surface area (Å²) >= 11 is 0. The zero-order valence-corrected chi connectivity index (χ0v) is 5.02. The van der Waals surface area contributed by atoms with Gasteiger partial charge in [-0.25, -0.2) is 0 Å². The third-order valence-corrected chi connectivity index (χ3v) is 0.714. The number of aliphatic hydroxyl groups excluding tert-OH is 1. The van der Waals surface area contributed by atoms with Crippen molar-refractivity contribution in [3.63, 3.8) is 0 Å². The van der Waals surface area contributed by atoms with E-state index in [1.165, 1.54) is 6.08 Å². The van der Waals surface area contributed by atoms with Gasteiger partial charge in [0.15, 0.2) is 0 Å². The van der Waals surface area contributed by atoms with E-state index in [2.05, 4.69) is 6.58 Å². The van der Waals surface area contributed by atoms with Gasteiger partial charge in [-0.15, -0.1) is 0 Å². The van der Waals surface area contributed by atoms with Crippen molar-refractivity contribution in [2.24, 2.45) is 5.73 Å². The molecule has 0 aliphatic heterocycles. The summed E-state index contributed by atoms with van der Waals surface area (Å²) in [5, 5.41) is 8.75. The molecule has 0 bridgehead atoms. The fourth-order valence-corrected chi connectivity index (χ4v) is 0.316. The third kappa shape index (κ3) is 3.28. The van der Waals surface area contributed by atoms with Crippen molar-refractivity contribution in [1.82, 2.24) is 0 Å². The van der Waals surface area contributed by atoms with E-state index in [0.717, 1.165) is 0 Å². The maximum atomic E-state index is 8.75. The second kappa shape index (κ2) is 3.13. The monoisotopic (exact) mass is 113 g/mol. The van der Waals surface area contributed by atoms with Crippen LogP contribution >= 0.6 is 0 Å². The highest BCUT2D eigenvalue weighted by Gasteiger charge is 1.84. The van der Waals surface area contributed by atoms with Gasteiger partial charge < -0.3 is 10.8 Å². The standard InChI is InChI=1S/C6H11NO/c1-3-6(8)4-5(2)7/h4,8H,2-3,7H2,1H3/b6-4+. The first-order valence-corrected chi connectivity index (χ1v) is 2.50. The van der Waals surface area contributed by atoms with Crippen LogP contribution in [0.3, 0.4) is 0 Å². The molecule has 2 nitrogen and oxygen atoms in total. The van der Waals surface area contributed by atoms with Crippen LogP contribution in [0.1, 0.15) is 13.3 Å². The maximum absolute atomic E-state index is 8.75. The summed E-state index contributed by atoms with van der Waals surface area (Å²) in [6.07, 6.45) is 2.05. The Morgan fingerprint density at radius 2 is 2.38 bits per heavy atom. The lowest BCUT2D eigenvalue weighted by molar-refractivity contribution is 0.394. The van der Waals surface area contributed by atoms with E-state index in [1.807, 2.05) is 6.92 Å². The fourth-order valence-electron chi connectivity index (χ4n) is 0.316. The Morgan fingerprint density at radius 1 is 1.88 bits per heavy atom. The van der Waals surface area contributed by atoms with E-state index in [4.69, 9.17) is 10.8 Å². The largest absolute Gasteiger partial charge is 0.512 e. The van der Waals surface area contributed by atoms with E-state index in [9.17, 15) is 0 Å². The highest BCUT2D eigenvalue weighted by atomic mass is 16.3. The molecule has 0 heterocycles. The molecule has 2 heteroatoms. The lowest BCUT2D eigenvalue weighted by Gasteiger charge is -1.91. The molecule has 0 radical (unpaired) electrons. The van der Waals surface area contributed by atoms with Crippen LogP contribution in [0.4, 0.5) is 0 Å². The predicted molar refractivity (Wildman–Crippen MR) is 34.3 cm³/mol. The Hall–Kier alpha value is -0.920. The highest BCUT2D eigenvalue weighted by Crippen LogP contribution is 1.95. The molecule has 0 aliphatic carbocycles. The summed E-state index contributed by atoms with van der Waals surface area (Å²) in [6.45, 7) is 5.23. The number of rotatable bonds is 2. The average Bonchev–Trinajstić information content (AvgIpc) is 1.65. The number of nitrogens with two attached hydrogens (primary N) is 1. The minimum absolute atomic E-state index is 0.275. The van der Waals surface area contributed by atoms with Gasteiger partial charge in [0.25, 0.3) is 0 Å². The van der Waals surface area contributed by atoms with Crippen molar-refractivity contribution in [3.05, 3.63) is 24.1 Å². The second-order valence-electron chi connectivity index (χ2n) is 1.56. The summed E-state index contributed by atoms with van der Waals surface area (Å²) in [6, 6.07) is 0. The lowest BCUT2D eigenvalue weighted by Crippen LogP contribution is -1.91. The molecule has 0 atom stereocenters. The topological polar surface area (TPSA) is 46.2 Å². The van der Waals surface area contributed by atoms with Gasteiger partial charge in [0, 0.05) is 12.1 Å². The molecule has 0 aromatic carbocycles. The molecule has 0 aromatic heterocycles. The number of hydrogen-bond donors (Lipinski definition) is 2. The molecule has 0 aliphatic rings. The van der Waals surface area contributed by atoms with Gasteiger partial charge in [0.2, 0.25) is 0 Å². The third-order valence-electron chi connectivity index (χ3n) is 0.714. The molecule has 0 rings (SSSR count). The molecule has 0 aromatic rings. The molecule has 0 amide bonds. The summed E-state index contributed by atoms with van der Waals surface area (Å²) in [4.78, 5) is 0. The summed E-state index contributed by atoms with van der Waals surface area (Å²) in [5.74, 6) is 0.275. The van der Waals surface area contributed by atoms with E-state index in [-0.39, 0.29) is 5.76 Å². The number of hydrogen-bond acceptors (Lipinski definition) is 2. The molecule has 0 spiro atoms. The first-order valence-electron chi connectivity index (χ1n) is 2.50. The van der Waals surface area contributed by atoms with Crippen LogP contribution in [0.5, 0.6) is 0 Å². The highest BCUT2D eigenvalue weighted by molar-refractivity contribution is 5.12. The molecule has 8 heavy (non-hydrogen) atoms. The molecule has 0 fully saturated rings. The van der Waals surface area contributed by atoms with Crippen LogP contribution in [0.25, 0.3) is 0 Å². The first-order chi connectivity index (χ1) is 3.66. The van der Waals surface area contributed by atoms with Crippen molar-refractivity contribution in [2.45, 2.75) is 13.3 Å². The van der Waals surface area contributed by atoms with Gasteiger partial charge in [-0.1, -0.05) is 13.5 Å². The van der Waals surface area contributed by atoms with Crippen LogP contribution in [0, 0.1) is 0 Å². The Kier molecular flexibility index (Phi) is 2.77. The summed E-state index contributed by atoms with van der Waals surface area (Å²) in [5.41, 5.74) is 5.53. The lowest BCUT2D eigenvalue weighted by atomic mass is 10.3. The SMILES string of the molecule is C=C(N)/C=C(/O)CC. The van der Waals surface area contributed by atoms with Crippen molar-refractivity contribution < 1.29 is 5.11 Å². The van der Waals surface area contributed by atoms with Crippen molar-refractivity contribution >= 4 is 0 Å². The average molecular weight is 113 g/mol. The van der Waals surface area contributed by atoms with E-state index in [1.54, 1.807) is 0 Å². The van der Waals surface area contributed by atoms with Crippen molar-refractivity contribution in [1.29, 1.82) is 0 Å². The Morgan fingerprint density at radius 3 is 2.50 bits per heavy atom.